The third-order valence-corrected chi connectivity index (χ3v) is 5.69. The van der Waals surface area contributed by atoms with Gasteiger partial charge < -0.3 is 9.73 Å². The van der Waals surface area contributed by atoms with Gasteiger partial charge in [0, 0.05) is 5.56 Å². The van der Waals surface area contributed by atoms with E-state index in [1.807, 2.05) is 30.3 Å². The van der Waals surface area contributed by atoms with Crippen LogP contribution in [-0.2, 0) is 11.3 Å². The Hall–Kier alpha value is -2.63. The summed E-state index contributed by atoms with van der Waals surface area (Å²) < 4.78 is 5.75. The number of nitrogens with zero attached hydrogens (tertiary/aromatic N) is 2. The Kier molecular flexibility index (Phi) is 4.26. The van der Waals surface area contributed by atoms with Crippen LogP contribution in [0.3, 0.4) is 0 Å². The lowest BCUT2D eigenvalue weighted by atomic mass is 9.75. The number of amides is 3. The zero-order chi connectivity index (χ0) is 18.1. The van der Waals surface area contributed by atoms with Crippen LogP contribution >= 0.6 is 0 Å². The summed E-state index contributed by atoms with van der Waals surface area (Å²) in [5, 5.41) is 2.94. The number of hydrogen-bond acceptors (Lipinski definition) is 4. The van der Waals surface area contributed by atoms with Gasteiger partial charge in [-0.2, -0.15) is 0 Å². The second kappa shape index (κ2) is 6.59. The predicted molar refractivity (Wildman–Crippen MR) is 96.0 cm³/mol. The molecule has 1 saturated heterocycles. The number of nitrogens with one attached hydrogen (secondary N) is 1. The van der Waals surface area contributed by atoms with Crippen LogP contribution in [0.5, 0.6) is 0 Å². The second-order valence-corrected chi connectivity index (χ2v) is 7.24. The fraction of sp³-hybridized carbons (Fsp3) is 0.450. The Morgan fingerprint density at radius 2 is 1.96 bits per heavy atom. The molecule has 1 saturated carbocycles. The SMILES string of the molecule is CCC1CCC2(CC1)NC(=O)N(Cc1ncc(-c3ccccc3)o1)C2=O. The van der Waals surface area contributed by atoms with E-state index in [1.165, 1.54) is 4.90 Å². The molecule has 1 N–H and O–H groups in total. The standard InChI is InChI=1S/C20H23N3O3/c1-2-14-8-10-20(11-9-14)18(24)23(19(25)22-20)13-17-21-12-16(26-17)15-6-4-3-5-7-15/h3-7,12,14H,2,8-11,13H2,1H3,(H,22,25). The molecule has 4 rings (SSSR count). The highest BCUT2D eigenvalue weighted by atomic mass is 16.4. The molecular formula is C20H23N3O3. The number of imide groups is 1. The van der Waals surface area contributed by atoms with Gasteiger partial charge in [0.2, 0.25) is 5.89 Å². The average molecular weight is 353 g/mol. The van der Waals surface area contributed by atoms with Gasteiger partial charge in [0.1, 0.15) is 12.1 Å². The molecule has 6 heteroatoms. The van der Waals surface area contributed by atoms with Crippen molar-refractivity contribution in [3.05, 3.63) is 42.4 Å². The van der Waals surface area contributed by atoms with Gasteiger partial charge >= 0.3 is 6.03 Å². The van der Waals surface area contributed by atoms with Crippen molar-refractivity contribution >= 4 is 11.9 Å². The summed E-state index contributed by atoms with van der Waals surface area (Å²) >= 11 is 0. The minimum absolute atomic E-state index is 0.0659. The lowest BCUT2D eigenvalue weighted by Crippen LogP contribution is -2.49. The first-order valence-corrected chi connectivity index (χ1v) is 9.25. The van der Waals surface area contributed by atoms with Crippen LogP contribution < -0.4 is 5.32 Å². The van der Waals surface area contributed by atoms with Crippen LogP contribution in [0.25, 0.3) is 11.3 Å². The van der Waals surface area contributed by atoms with Crippen LogP contribution in [0.1, 0.15) is 44.9 Å². The highest BCUT2D eigenvalue weighted by molar-refractivity contribution is 6.07. The number of hydrogen-bond donors (Lipinski definition) is 1. The van der Waals surface area contributed by atoms with E-state index in [-0.39, 0.29) is 18.5 Å². The molecule has 2 aliphatic rings. The minimum atomic E-state index is -0.725. The molecule has 6 nitrogen and oxygen atoms in total. The van der Waals surface area contributed by atoms with E-state index in [4.69, 9.17) is 4.42 Å². The molecule has 1 aliphatic heterocycles. The topological polar surface area (TPSA) is 75.4 Å². The van der Waals surface area contributed by atoms with Crippen molar-refractivity contribution in [3.8, 4) is 11.3 Å². The Morgan fingerprint density at radius 1 is 1.23 bits per heavy atom. The summed E-state index contributed by atoms with van der Waals surface area (Å²) in [4.78, 5) is 30.8. The fourth-order valence-electron chi connectivity index (χ4n) is 3.99. The van der Waals surface area contributed by atoms with Crippen molar-refractivity contribution in [1.82, 2.24) is 15.2 Å². The van der Waals surface area contributed by atoms with Crippen LogP contribution in [0.2, 0.25) is 0 Å². The van der Waals surface area contributed by atoms with Crippen LogP contribution in [0, 0.1) is 5.92 Å². The molecule has 3 amide bonds. The zero-order valence-corrected chi connectivity index (χ0v) is 14.9. The molecule has 2 aromatic rings. The van der Waals surface area contributed by atoms with Gasteiger partial charge in [-0.25, -0.2) is 9.78 Å². The maximum absolute atomic E-state index is 12.9. The van der Waals surface area contributed by atoms with Crippen molar-refractivity contribution in [3.63, 3.8) is 0 Å². The molecule has 1 aromatic carbocycles. The summed E-state index contributed by atoms with van der Waals surface area (Å²) in [6, 6.07) is 9.29. The summed E-state index contributed by atoms with van der Waals surface area (Å²) in [6.07, 6.45) is 6.15. The first kappa shape index (κ1) is 16.8. The molecule has 0 bridgehead atoms. The number of aromatic nitrogens is 1. The Bertz CT molecular complexity index is 807. The van der Waals surface area contributed by atoms with E-state index in [0.29, 0.717) is 30.4 Å². The second-order valence-electron chi connectivity index (χ2n) is 7.24. The third-order valence-electron chi connectivity index (χ3n) is 5.69. The molecular weight excluding hydrogens is 330 g/mol. The number of rotatable bonds is 4. The summed E-state index contributed by atoms with van der Waals surface area (Å²) in [6.45, 7) is 2.24. The molecule has 1 aliphatic carbocycles. The summed E-state index contributed by atoms with van der Waals surface area (Å²) in [5.74, 6) is 1.51. The van der Waals surface area contributed by atoms with Crippen LogP contribution in [-0.4, -0.2) is 27.4 Å². The molecule has 2 fully saturated rings. The van der Waals surface area contributed by atoms with Gasteiger partial charge in [0.05, 0.1) is 6.20 Å². The van der Waals surface area contributed by atoms with Gasteiger partial charge in [-0.1, -0.05) is 43.7 Å². The number of benzene rings is 1. The third kappa shape index (κ3) is 2.89. The smallest absolute Gasteiger partial charge is 0.325 e. The molecule has 136 valence electrons. The Morgan fingerprint density at radius 3 is 2.65 bits per heavy atom. The number of oxazole rings is 1. The highest BCUT2D eigenvalue weighted by Crippen LogP contribution is 2.38. The van der Waals surface area contributed by atoms with Gasteiger partial charge in [0.15, 0.2) is 5.76 Å². The Labute approximate surface area is 152 Å². The van der Waals surface area contributed by atoms with Gasteiger partial charge in [-0.15, -0.1) is 0 Å². The lowest BCUT2D eigenvalue weighted by molar-refractivity contribution is -0.133. The first-order valence-electron chi connectivity index (χ1n) is 9.25. The molecule has 0 atom stereocenters. The average Bonchev–Trinajstić information content (AvgIpc) is 3.23. The highest BCUT2D eigenvalue weighted by Gasteiger charge is 2.52. The lowest BCUT2D eigenvalue weighted by Gasteiger charge is -2.34. The summed E-state index contributed by atoms with van der Waals surface area (Å²) in [5.41, 5.74) is 0.190. The number of carbonyl (C=O) groups is 2. The van der Waals surface area contributed by atoms with Crippen molar-refractivity contribution in [2.75, 3.05) is 0 Å². The summed E-state index contributed by atoms with van der Waals surface area (Å²) in [7, 11) is 0. The van der Waals surface area contributed by atoms with E-state index in [2.05, 4.69) is 17.2 Å². The normalized spacial score (nSPS) is 25.7. The van der Waals surface area contributed by atoms with Crippen molar-refractivity contribution in [2.24, 2.45) is 5.92 Å². The molecule has 2 heterocycles. The van der Waals surface area contributed by atoms with Crippen molar-refractivity contribution in [2.45, 2.75) is 51.1 Å². The number of urea groups is 1. The van der Waals surface area contributed by atoms with Gasteiger partial charge in [-0.3, -0.25) is 9.69 Å². The maximum Gasteiger partial charge on any atom is 0.325 e. The minimum Gasteiger partial charge on any atom is -0.439 e. The molecule has 26 heavy (non-hydrogen) atoms. The largest absolute Gasteiger partial charge is 0.439 e. The van der Waals surface area contributed by atoms with Gasteiger partial charge in [0.25, 0.3) is 5.91 Å². The monoisotopic (exact) mass is 353 g/mol. The Balaban J connectivity index is 1.48. The van der Waals surface area contributed by atoms with E-state index in [9.17, 15) is 9.59 Å². The fourth-order valence-corrected chi connectivity index (χ4v) is 3.99. The van der Waals surface area contributed by atoms with E-state index < -0.39 is 5.54 Å². The van der Waals surface area contributed by atoms with Crippen LogP contribution in [0.15, 0.2) is 40.9 Å². The number of carbonyl (C=O) groups excluding carboxylic acids is 2. The van der Waals surface area contributed by atoms with E-state index in [1.54, 1.807) is 6.20 Å². The van der Waals surface area contributed by atoms with Crippen LogP contribution in [0.4, 0.5) is 4.79 Å². The molecule has 0 radical (unpaired) electrons. The van der Waals surface area contributed by atoms with Crippen molar-refractivity contribution in [1.29, 1.82) is 0 Å². The zero-order valence-electron chi connectivity index (χ0n) is 14.9. The van der Waals surface area contributed by atoms with Gasteiger partial charge in [-0.05, 0) is 31.6 Å². The van der Waals surface area contributed by atoms with E-state index in [0.717, 1.165) is 24.8 Å². The molecule has 1 spiro atoms. The molecule has 0 unspecified atom stereocenters. The predicted octanol–water partition coefficient (Wildman–Crippen LogP) is 3.73. The van der Waals surface area contributed by atoms with Crippen molar-refractivity contribution < 1.29 is 14.0 Å². The quantitative estimate of drug-likeness (QED) is 0.850. The first-order chi connectivity index (χ1) is 12.6. The molecule has 1 aromatic heterocycles. The van der Waals surface area contributed by atoms with E-state index >= 15 is 0 Å². The maximum atomic E-state index is 12.9.